The van der Waals surface area contributed by atoms with E-state index in [0.29, 0.717) is 29.8 Å². The molecule has 4 aliphatic rings. The molecule has 16 heteroatoms. The quantitative estimate of drug-likeness (QED) is 0.175. The van der Waals surface area contributed by atoms with E-state index in [-0.39, 0.29) is 35.9 Å². The second-order valence-corrected chi connectivity index (χ2v) is 16.0. The molecule has 4 unspecified atom stereocenters. The van der Waals surface area contributed by atoms with Gasteiger partial charge in [0.2, 0.25) is 0 Å². The van der Waals surface area contributed by atoms with Crippen molar-refractivity contribution < 1.29 is 29.1 Å². The first kappa shape index (κ1) is 41.8. The van der Waals surface area contributed by atoms with Crippen molar-refractivity contribution in [1.29, 1.82) is 0 Å². The van der Waals surface area contributed by atoms with Gasteiger partial charge >= 0.3 is 7.12 Å². The summed E-state index contributed by atoms with van der Waals surface area (Å²) < 4.78 is 13.4. The van der Waals surface area contributed by atoms with Crippen LogP contribution in [0.25, 0.3) is 11.1 Å². The number of halogens is 1. The Morgan fingerprint density at radius 2 is 1.08 bits per heavy atom. The van der Waals surface area contributed by atoms with Gasteiger partial charge < -0.3 is 31.0 Å². The Labute approximate surface area is 366 Å². The molecule has 0 fully saturated rings. The van der Waals surface area contributed by atoms with Gasteiger partial charge in [-0.15, -0.1) is 0 Å². The Morgan fingerprint density at radius 3 is 1.52 bits per heavy atom. The second kappa shape index (κ2) is 17.2. The van der Waals surface area contributed by atoms with E-state index in [0.717, 1.165) is 37.9 Å². The fourth-order valence-corrected chi connectivity index (χ4v) is 8.37. The summed E-state index contributed by atoms with van der Waals surface area (Å²) in [6.07, 6.45) is 6.78. The first-order valence-corrected chi connectivity index (χ1v) is 20.5. The molecule has 0 radical (unpaired) electrons. The summed E-state index contributed by atoms with van der Waals surface area (Å²) in [6.45, 7) is 0. The molecule has 6 N–H and O–H groups in total. The molecule has 0 saturated carbocycles. The van der Waals surface area contributed by atoms with E-state index in [1.165, 1.54) is 22.2 Å². The normalized spacial score (nSPS) is 21.9. The summed E-state index contributed by atoms with van der Waals surface area (Å²) in [6, 6.07) is 38.3. The smallest absolute Gasteiger partial charge is 0.485 e. The van der Waals surface area contributed by atoms with Crippen LogP contribution in [0.5, 0.6) is 11.5 Å². The Kier molecular flexibility index (Phi) is 11.6. The number of rotatable bonds is 4. The van der Waals surface area contributed by atoms with Crippen LogP contribution in [0.3, 0.4) is 0 Å². The monoisotopic (exact) mass is 892 g/mol. The van der Waals surface area contributed by atoms with Crippen molar-refractivity contribution in [3.63, 3.8) is 0 Å². The highest BCUT2D eigenvalue weighted by Gasteiger charge is 2.55. The number of hydrogen-bond donors (Lipinski definition) is 4. The molecule has 0 bridgehead atoms. The van der Waals surface area contributed by atoms with Crippen molar-refractivity contribution in [3.05, 3.63) is 173 Å². The minimum absolute atomic E-state index is 0.122. The minimum Gasteiger partial charge on any atom is -0.485 e. The van der Waals surface area contributed by atoms with Gasteiger partial charge in [0.15, 0.2) is 23.0 Å². The maximum Gasteiger partial charge on any atom is 0.488 e. The number of carbonyl (C=O) groups is 2. The zero-order valence-corrected chi connectivity index (χ0v) is 35.3. The fourth-order valence-electron chi connectivity index (χ4n) is 8.01. The Morgan fingerprint density at radius 1 is 0.629 bits per heavy atom. The van der Waals surface area contributed by atoms with Crippen molar-refractivity contribution in [3.8, 4) is 22.6 Å². The molecule has 0 aliphatic carbocycles. The molecule has 4 aromatic carbocycles. The van der Waals surface area contributed by atoms with E-state index in [1.807, 2.05) is 109 Å². The molecule has 2 spiro atoms. The largest absolute Gasteiger partial charge is 0.488 e. The highest BCUT2D eigenvalue weighted by molar-refractivity contribution is 9.10. The van der Waals surface area contributed by atoms with Crippen molar-refractivity contribution in [2.75, 3.05) is 14.1 Å². The van der Waals surface area contributed by atoms with E-state index in [2.05, 4.69) is 35.9 Å². The summed E-state index contributed by atoms with van der Waals surface area (Å²) in [5.41, 5.74) is 15.9. The maximum absolute atomic E-state index is 13.3. The van der Waals surface area contributed by atoms with Crippen LogP contribution in [0.15, 0.2) is 161 Å². The number of hydrogen-bond acceptors (Lipinski definition) is 12. The number of carbonyl (C=O) groups excluding carboxylic acids is 2. The number of aliphatic imine (C=N–C) groups is 2. The molecular formula is C46H42BBrN8O6. The molecule has 62 heavy (non-hydrogen) atoms. The lowest BCUT2D eigenvalue weighted by Crippen LogP contribution is -2.43. The van der Waals surface area contributed by atoms with Crippen molar-refractivity contribution in [1.82, 2.24) is 19.8 Å². The summed E-state index contributed by atoms with van der Waals surface area (Å²) >= 11 is 3.47. The summed E-state index contributed by atoms with van der Waals surface area (Å²) in [5.74, 6) is 1.53. The average Bonchev–Trinajstić information content (AvgIpc) is 3.65. The number of pyridine rings is 2. The van der Waals surface area contributed by atoms with Crippen molar-refractivity contribution >= 4 is 52.2 Å². The standard InChI is InChI=1S/C23H20N4O2.C18H16BrN3O2.C5H6BNO2/c1-27-21(28)23(26-22(27)24)14-20(16-5-3-2-4-6-16)29-19-8-7-17(13-18(19)23)15-9-11-25-12-10-15;1-22-16(23)18(21-17(22)20)10-15(11-5-3-2-4-6-11)24-14-8-7-12(19)9-13(14)18;8-6(9)5-1-3-7-4-2-5/h2-13,20H,14H2,1H3,(H2,24,26);2-9,15H,10H2,1H3,(H2,20,21);1-4,8-9H. The maximum atomic E-state index is 13.3. The molecule has 14 nitrogen and oxygen atoms in total. The summed E-state index contributed by atoms with van der Waals surface area (Å²) in [7, 11) is 1.93. The number of benzene rings is 4. The van der Waals surface area contributed by atoms with E-state index < -0.39 is 18.2 Å². The third-order valence-corrected chi connectivity index (χ3v) is 11.8. The lowest BCUT2D eigenvalue weighted by molar-refractivity contribution is -0.133. The van der Waals surface area contributed by atoms with Gasteiger partial charge in [-0.1, -0.05) is 82.7 Å². The van der Waals surface area contributed by atoms with Gasteiger partial charge in [-0.25, -0.2) is 9.98 Å². The third kappa shape index (κ3) is 7.91. The van der Waals surface area contributed by atoms with Crippen LogP contribution in [0, 0.1) is 0 Å². The van der Waals surface area contributed by atoms with Crippen LogP contribution < -0.4 is 26.4 Å². The molecule has 4 aliphatic heterocycles. The van der Waals surface area contributed by atoms with Crippen LogP contribution in [-0.4, -0.2) is 74.8 Å². The molecule has 312 valence electrons. The molecule has 6 aromatic rings. The first-order chi connectivity index (χ1) is 29.9. The number of aromatic nitrogens is 2. The van der Waals surface area contributed by atoms with Crippen LogP contribution in [0.2, 0.25) is 0 Å². The molecular weight excluding hydrogens is 851 g/mol. The van der Waals surface area contributed by atoms with Crippen LogP contribution in [-0.2, 0) is 20.7 Å². The zero-order chi connectivity index (χ0) is 43.6. The van der Waals surface area contributed by atoms with Gasteiger partial charge in [0.05, 0.1) is 0 Å². The van der Waals surface area contributed by atoms with Gasteiger partial charge in [0, 0.05) is 67.3 Å². The zero-order valence-electron chi connectivity index (χ0n) is 33.7. The highest BCUT2D eigenvalue weighted by Crippen LogP contribution is 2.52. The van der Waals surface area contributed by atoms with Gasteiger partial charge in [-0.2, -0.15) is 0 Å². The van der Waals surface area contributed by atoms with Crippen LogP contribution in [0.4, 0.5) is 0 Å². The Hall–Kier alpha value is -6.88. The van der Waals surface area contributed by atoms with Crippen molar-refractivity contribution in [2.45, 2.75) is 36.1 Å². The van der Waals surface area contributed by atoms with E-state index >= 15 is 0 Å². The van der Waals surface area contributed by atoms with E-state index in [9.17, 15) is 9.59 Å². The number of likely N-dealkylation sites (N-methyl/N-ethyl adjacent to an activating group) is 2. The molecule has 10 rings (SSSR count). The second-order valence-electron chi connectivity index (χ2n) is 15.1. The van der Waals surface area contributed by atoms with E-state index in [1.54, 1.807) is 38.6 Å². The van der Waals surface area contributed by atoms with Gasteiger partial charge in [-0.3, -0.25) is 29.4 Å². The topological polar surface area (TPSA) is 202 Å². The van der Waals surface area contributed by atoms with Gasteiger partial charge in [-0.05, 0) is 82.3 Å². The predicted octanol–water partition coefficient (Wildman–Crippen LogP) is 4.97. The lowest BCUT2D eigenvalue weighted by Gasteiger charge is -2.37. The molecule has 6 heterocycles. The fraction of sp³-hybridized carbons (Fsp3) is 0.174. The number of nitrogens with zero attached hydrogens (tertiary/aromatic N) is 6. The highest BCUT2D eigenvalue weighted by atomic mass is 79.9. The molecule has 4 atom stereocenters. The number of nitrogens with two attached hydrogens (primary N) is 2. The summed E-state index contributed by atoms with van der Waals surface area (Å²) in [5, 5.41) is 17.1. The number of guanidine groups is 2. The molecule has 2 aromatic heterocycles. The van der Waals surface area contributed by atoms with Crippen LogP contribution in [0.1, 0.15) is 47.3 Å². The van der Waals surface area contributed by atoms with Gasteiger partial charge in [0.25, 0.3) is 11.8 Å². The number of fused-ring (bicyclic) bond motifs is 4. The summed E-state index contributed by atoms with van der Waals surface area (Å²) in [4.78, 5) is 46.2. The minimum atomic E-state index is -1.38. The van der Waals surface area contributed by atoms with Crippen molar-refractivity contribution in [2.24, 2.45) is 21.5 Å². The third-order valence-electron chi connectivity index (χ3n) is 11.3. The number of ether oxygens (including phenoxy) is 2. The first-order valence-electron chi connectivity index (χ1n) is 19.7. The molecule has 2 amide bonds. The lowest BCUT2D eigenvalue weighted by atomic mass is 9.79. The number of amides is 2. The average molecular weight is 894 g/mol. The molecule has 0 saturated heterocycles. The Balaban J connectivity index is 0.000000144. The van der Waals surface area contributed by atoms with E-state index in [4.69, 9.17) is 31.0 Å². The predicted molar refractivity (Wildman–Crippen MR) is 239 cm³/mol. The Bertz CT molecular complexity index is 2660. The van der Waals surface area contributed by atoms with Crippen LogP contribution >= 0.6 is 15.9 Å². The van der Waals surface area contributed by atoms with Gasteiger partial charge in [0.1, 0.15) is 23.7 Å². The SMILES string of the molecule is CN1C(=O)C2(CC(c3ccccc3)Oc3ccc(-c4ccncc4)cc32)N=C1N.CN1C(=O)C2(CC(c3ccccc3)Oc3ccc(Br)cc32)N=C1N.OB(O)c1ccncc1.